The highest BCUT2D eigenvalue weighted by Gasteiger charge is 2.51. The lowest BCUT2D eigenvalue weighted by molar-refractivity contribution is -0.170. The van der Waals surface area contributed by atoms with E-state index in [2.05, 4.69) is 0 Å². The van der Waals surface area contributed by atoms with Crippen LogP contribution in [0.3, 0.4) is 0 Å². The van der Waals surface area contributed by atoms with Gasteiger partial charge in [0.25, 0.3) is 0 Å². The van der Waals surface area contributed by atoms with Crippen LogP contribution < -0.4 is 0 Å². The minimum absolute atomic E-state index is 0.0522. The number of Topliss-reactive ketones (excluding diaryl/α,β-unsaturated/α-hetero) is 1. The number of ketones is 1. The Morgan fingerprint density at radius 3 is 2.11 bits per heavy atom. The van der Waals surface area contributed by atoms with Crippen molar-refractivity contribution in [2.75, 3.05) is 0 Å². The van der Waals surface area contributed by atoms with Gasteiger partial charge in [-0.15, -0.1) is 0 Å². The van der Waals surface area contributed by atoms with E-state index in [9.17, 15) is 14.7 Å². The van der Waals surface area contributed by atoms with Crippen molar-refractivity contribution in [3.05, 3.63) is 83.1 Å². The minimum Gasteiger partial charge on any atom is -0.504 e. The van der Waals surface area contributed by atoms with Crippen molar-refractivity contribution in [1.29, 1.82) is 0 Å². The Morgan fingerprint density at radius 2 is 1.56 bits per heavy atom. The highest BCUT2D eigenvalue weighted by Crippen LogP contribution is 2.42. The number of cyclic esters (lactones) is 1. The monoisotopic (exact) mass is 364 g/mol. The first-order valence-corrected chi connectivity index (χ1v) is 9.36. The molecule has 2 aromatic rings. The maximum atomic E-state index is 13.3. The lowest BCUT2D eigenvalue weighted by atomic mass is 9.78. The molecule has 2 aromatic carbocycles. The molecule has 27 heavy (non-hydrogen) atoms. The Labute approximate surface area is 159 Å². The molecule has 0 radical (unpaired) electrons. The molecule has 0 bridgehead atoms. The van der Waals surface area contributed by atoms with Gasteiger partial charge >= 0.3 is 5.97 Å². The first kappa shape index (κ1) is 18.9. The Bertz CT molecular complexity index is 854. The maximum absolute atomic E-state index is 13.3. The summed E-state index contributed by atoms with van der Waals surface area (Å²) in [5.74, 6) is -2.03. The molecular weight excluding hydrogens is 340 g/mol. The predicted molar refractivity (Wildman–Crippen MR) is 103 cm³/mol. The zero-order chi connectivity index (χ0) is 19.4. The highest BCUT2D eigenvalue weighted by atomic mass is 16.6. The lowest BCUT2D eigenvalue weighted by Crippen LogP contribution is -2.46. The summed E-state index contributed by atoms with van der Waals surface area (Å²) in [6.07, 6.45) is 1.52. The summed E-state index contributed by atoms with van der Waals surface area (Å²) in [4.78, 5) is 26.3. The van der Waals surface area contributed by atoms with Crippen molar-refractivity contribution < 1.29 is 19.4 Å². The summed E-state index contributed by atoms with van der Waals surface area (Å²) >= 11 is 0. The molecule has 0 aromatic heterocycles. The number of ether oxygens (including phenoxy) is 1. The molecule has 0 aliphatic carbocycles. The highest BCUT2D eigenvalue weighted by molar-refractivity contribution is 6.11. The molecule has 2 unspecified atom stereocenters. The topological polar surface area (TPSA) is 63.6 Å². The van der Waals surface area contributed by atoms with Crippen molar-refractivity contribution in [1.82, 2.24) is 0 Å². The van der Waals surface area contributed by atoms with Crippen LogP contribution >= 0.6 is 0 Å². The SMILES string of the molecule is CCCC1(c2ccccc2)OC(=O)C(C(CC)c2ccccc2)=C(O)C1=O. The second-order valence-corrected chi connectivity index (χ2v) is 6.80. The van der Waals surface area contributed by atoms with Crippen molar-refractivity contribution in [3.8, 4) is 0 Å². The molecule has 3 rings (SSSR count). The van der Waals surface area contributed by atoms with E-state index in [-0.39, 0.29) is 5.57 Å². The van der Waals surface area contributed by atoms with Crippen LogP contribution in [-0.4, -0.2) is 16.9 Å². The standard InChI is InChI=1S/C23H24O4/c1-3-15-23(17-13-9-6-10-14-17)21(25)20(24)19(22(26)27-23)18(4-2)16-11-7-5-8-12-16/h5-14,18,24H,3-4,15H2,1-2H3. The van der Waals surface area contributed by atoms with Gasteiger partial charge in [-0.1, -0.05) is 80.9 Å². The summed E-state index contributed by atoms with van der Waals surface area (Å²) in [7, 11) is 0. The van der Waals surface area contributed by atoms with Gasteiger partial charge < -0.3 is 9.84 Å². The predicted octanol–water partition coefficient (Wildman–Crippen LogP) is 4.81. The minimum atomic E-state index is -1.46. The van der Waals surface area contributed by atoms with E-state index in [1.54, 1.807) is 24.3 Å². The number of carbonyl (C=O) groups excluding carboxylic acids is 2. The first-order valence-electron chi connectivity index (χ1n) is 9.36. The summed E-state index contributed by atoms with van der Waals surface area (Å²) in [5.41, 5.74) is 0.0456. The second-order valence-electron chi connectivity index (χ2n) is 6.80. The lowest BCUT2D eigenvalue weighted by Gasteiger charge is -2.37. The fourth-order valence-corrected chi connectivity index (χ4v) is 3.83. The maximum Gasteiger partial charge on any atom is 0.339 e. The van der Waals surface area contributed by atoms with E-state index in [0.29, 0.717) is 24.8 Å². The number of aliphatic hydroxyl groups excluding tert-OH is 1. The number of benzene rings is 2. The zero-order valence-corrected chi connectivity index (χ0v) is 15.6. The first-order chi connectivity index (χ1) is 13.0. The molecule has 4 heteroatoms. The third kappa shape index (κ3) is 3.27. The van der Waals surface area contributed by atoms with Crippen molar-refractivity contribution >= 4 is 11.8 Å². The van der Waals surface area contributed by atoms with Crippen LogP contribution in [0.15, 0.2) is 72.0 Å². The van der Waals surface area contributed by atoms with Crippen LogP contribution in [0.25, 0.3) is 0 Å². The Kier molecular flexibility index (Phi) is 5.45. The summed E-state index contributed by atoms with van der Waals surface area (Å²) in [6.45, 7) is 3.84. The number of aliphatic hydroxyl groups is 1. The molecule has 1 aliphatic heterocycles. The van der Waals surface area contributed by atoms with Crippen LogP contribution in [0.1, 0.15) is 50.2 Å². The molecule has 0 saturated heterocycles. The van der Waals surface area contributed by atoms with Crippen molar-refractivity contribution in [2.24, 2.45) is 0 Å². The summed E-state index contributed by atoms with van der Waals surface area (Å²) in [5, 5.41) is 10.8. The fourth-order valence-electron chi connectivity index (χ4n) is 3.83. The Hall–Kier alpha value is -2.88. The smallest absolute Gasteiger partial charge is 0.339 e. The van der Waals surface area contributed by atoms with E-state index in [1.165, 1.54) is 0 Å². The molecule has 1 aliphatic rings. The largest absolute Gasteiger partial charge is 0.504 e. The molecule has 1 N–H and O–H groups in total. The average Bonchev–Trinajstić information content (AvgIpc) is 2.70. The number of hydrogen-bond acceptors (Lipinski definition) is 4. The van der Waals surface area contributed by atoms with Gasteiger partial charge in [0.1, 0.15) is 0 Å². The van der Waals surface area contributed by atoms with Gasteiger partial charge in [0.2, 0.25) is 11.4 Å². The molecule has 0 fully saturated rings. The van der Waals surface area contributed by atoms with Gasteiger partial charge in [-0.05, 0) is 18.4 Å². The van der Waals surface area contributed by atoms with Crippen LogP contribution in [0.2, 0.25) is 0 Å². The van der Waals surface area contributed by atoms with Gasteiger partial charge in [-0.3, -0.25) is 4.79 Å². The number of hydrogen-bond donors (Lipinski definition) is 1. The molecule has 4 nitrogen and oxygen atoms in total. The van der Waals surface area contributed by atoms with Crippen molar-refractivity contribution in [3.63, 3.8) is 0 Å². The average molecular weight is 364 g/mol. The zero-order valence-electron chi connectivity index (χ0n) is 15.6. The molecule has 0 amide bonds. The third-order valence-corrected chi connectivity index (χ3v) is 5.12. The Balaban J connectivity index is 2.12. The van der Waals surface area contributed by atoms with Gasteiger partial charge in [0, 0.05) is 11.5 Å². The van der Waals surface area contributed by atoms with Crippen LogP contribution in [0.4, 0.5) is 0 Å². The van der Waals surface area contributed by atoms with E-state index in [4.69, 9.17) is 4.74 Å². The van der Waals surface area contributed by atoms with E-state index >= 15 is 0 Å². The molecular formula is C23H24O4. The Morgan fingerprint density at radius 1 is 0.963 bits per heavy atom. The normalized spacial score (nSPS) is 21.1. The number of esters is 1. The van der Waals surface area contributed by atoms with E-state index in [0.717, 1.165) is 5.56 Å². The van der Waals surface area contributed by atoms with Crippen LogP contribution in [0.5, 0.6) is 0 Å². The van der Waals surface area contributed by atoms with Crippen LogP contribution in [0, 0.1) is 0 Å². The summed E-state index contributed by atoms with van der Waals surface area (Å²) < 4.78 is 5.79. The number of rotatable bonds is 6. The van der Waals surface area contributed by atoms with Crippen LogP contribution in [-0.2, 0) is 19.9 Å². The molecule has 1 heterocycles. The molecule has 0 saturated carbocycles. The van der Waals surface area contributed by atoms with Gasteiger partial charge in [-0.2, -0.15) is 0 Å². The van der Waals surface area contributed by atoms with E-state index < -0.39 is 29.0 Å². The number of carbonyl (C=O) groups is 2. The third-order valence-electron chi connectivity index (χ3n) is 5.12. The molecule has 140 valence electrons. The second kappa shape index (κ2) is 7.78. The van der Waals surface area contributed by atoms with Gasteiger partial charge in [0.15, 0.2) is 5.76 Å². The molecule has 2 atom stereocenters. The molecule has 0 spiro atoms. The quantitative estimate of drug-likeness (QED) is 0.747. The van der Waals surface area contributed by atoms with Gasteiger partial charge in [-0.25, -0.2) is 4.79 Å². The summed E-state index contributed by atoms with van der Waals surface area (Å²) in [6, 6.07) is 18.3. The van der Waals surface area contributed by atoms with Gasteiger partial charge in [0.05, 0.1) is 5.57 Å². The fraction of sp³-hybridized carbons (Fsp3) is 0.304. The van der Waals surface area contributed by atoms with Crippen molar-refractivity contribution in [2.45, 2.75) is 44.6 Å². The van der Waals surface area contributed by atoms with E-state index in [1.807, 2.05) is 50.2 Å².